The van der Waals surface area contributed by atoms with Crippen LogP contribution in [0, 0.1) is 26.0 Å². The van der Waals surface area contributed by atoms with E-state index in [1.165, 1.54) is 9.96 Å². The van der Waals surface area contributed by atoms with Crippen LogP contribution in [0.3, 0.4) is 0 Å². The third-order valence-corrected chi connectivity index (χ3v) is 11.8. The second kappa shape index (κ2) is 12.6. The zero-order valence-corrected chi connectivity index (χ0v) is 29.8. The summed E-state index contributed by atoms with van der Waals surface area (Å²) in [5, 5.41) is 2.07. The zero-order chi connectivity index (χ0) is 29.4. The smallest absolute Gasteiger partial charge is 0 e. The predicted octanol–water partition coefficient (Wildman–Crippen LogP) is 8.53. The fourth-order valence-corrected chi connectivity index (χ4v) is 7.35. The Hall–Kier alpha value is -3.58. The molecule has 4 heterocycles. The van der Waals surface area contributed by atoms with E-state index >= 15 is 0 Å². The number of rotatable bonds is 4. The summed E-state index contributed by atoms with van der Waals surface area (Å²) in [4.78, 5) is 14.0. The first-order chi connectivity index (χ1) is 20.2. The molecule has 0 saturated heterocycles. The Labute approximate surface area is 269 Å². The van der Waals surface area contributed by atoms with Crippen LogP contribution < -0.4 is 4.40 Å². The second-order valence-electron chi connectivity index (χ2n) is 11.6. The third kappa shape index (κ3) is 6.23. The Kier molecular flexibility index (Phi) is 9.02. The summed E-state index contributed by atoms with van der Waals surface area (Å²) >= 11 is -1.72. The van der Waals surface area contributed by atoms with Gasteiger partial charge in [-0.2, -0.15) is 0 Å². The first-order valence-electron chi connectivity index (χ1n) is 14.3. The molecule has 0 unspecified atom stereocenters. The van der Waals surface area contributed by atoms with E-state index in [-0.39, 0.29) is 20.1 Å². The van der Waals surface area contributed by atoms with Crippen molar-refractivity contribution in [3.8, 4) is 22.6 Å². The van der Waals surface area contributed by atoms with Crippen molar-refractivity contribution in [3.05, 3.63) is 108 Å². The number of hydrogen-bond donors (Lipinski definition) is 0. The van der Waals surface area contributed by atoms with Gasteiger partial charge in [0.25, 0.3) is 0 Å². The van der Waals surface area contributed by atoms with Gasteiger partial charge in [0.1, 0.15) is 0 Å². The van der Waals surface area contributed by atoms with E-state index in [9.17, 15) is 0 Å². The molecule has 0 saturated carbocycles. The van der Waals surface area contributed by atoms with Crippen molar-refractivity contribution >= 4 is 50.8 Å². The summed E-state index contributed by atoms with van der Waals surface area (Å²) in [6.07, 6.45) is 2.04. The van der Waals surface area contributed by atoms with Gasteiger partial charge < -0.3 is 8.98 Å². The van der Waals surface area contributed by atoms with Crippen molar-refractivity contribution in [1.82, 2.24) is 19.5 Å². The average molecular weight is 804 g/mol. The number of aryl methyl sites for hydroxylation is 3. The first-order valence-corrected chi connectivity index (χ1v) is 21.7. The van der Waals surface area contributed by atoms with Crippen molar-refractivity contribution in [2.45, 2.75) is 44.6 Å². The van der Waals surface area contributed by atoms with Crippen LogP contribution in [-0.2, 0) is 26.7 Å². The molecule has 1 radical (unpaired) electrons. The molecule has 0 atom stereocenters. The minimum absolute atomic E-state index is 0. The standard InChI is InChI=1S/C22H18N3O.C14H16GeN.Ir/c1-4-25-19-11-8-13(2)12-18(19)24-21(25)17-7-5-6-15-16-10-9-14(3)23-22(16)26-20(15)17;1-15(2,3)13-9-10-14(16-11-13)12-7-5-4-6-8-12;/h5-6,8-12H,4H2,1-3H3;4-7,9-11H,1-3H3;/q2*-1;. The van der Waals surface area contributed by atoms with Crippen LogP contribution in [0.4, 0.5) is 0 Å². The summed E-state index contributed by atoms with van der Waals surface area (Å²) in [7, 11) is 0. The maximum Gasteiger partial charge on any atom is 0 e. The number of furan rings is 1. The zero-order valence-electron chi connectivity index (χ0n) is 25.3. The summed E-state index contributed by atoms with van der Waals surface area (Å²) in [6.45, 7) is 7.02. The van der Waals surface area contributed by atoms with Gasteiger partial charge in [-0.25, -0.2) is 4.98 Å². The van der Waals surface area contributed by atoms with Gasteiger partial charge in [-0.15, -0.1) is 18.2 Å². The Balaban J connectivity index is 0.000000188. The number of aromatic nitrogens is 4. The normalized spacial score (nSPS) is 11.4. The number of pyridine rings is 2. The van der Waals surface area contributed by atoms with E-state index in [1.54, 1.807) is 0 Å². The summed E-state index contributed by atoms with van der Waals surface area (Å²) in [5.74, 6) is 8.02. The Bertz CT molecular complexity index is 2020. The Morgan fingerprint density at radius 2 is 1.70 bits per heavy atom. The van der Waals surface area contributed by atoms with E-state index in [0.29, 0.717) is 5.71 Å². The largest absolute Gasteiger partial charge is 0 e. The van der Waals surface area contributed by atoms with Gasteiger partial charge in [-0.05, 0) is 50.6 Å². The van der Waals surface area contributed by atoms with Gasteiger partial charge in [-0.3, -0.25) is 4.98 Å². The molecule has 7 heteroatoms. The molecule has 0 aliphatic carbocycles. The van der Waals surface area contributed by atoms with Gasteiger partial charge in [-0.1, -0.05) is 17.0 Å². The molecule has 0 N–H and O–H groups in total. The molecular weight excluding hydrogens is 769 g/mol. The number of hydrogen-bond acceptors (Lipinski definition) is 4. The van der Waals surface area contributed by atoms with Crippen LogP contribution in [0.25, 0.3) is 55.7 Å². The number of nitrogens with zero attached hydrogens (tertiary/aromatic N) is 4. The van der Waals surface area contributed by atoms with Gasteiger partial charge in [0, 0.05) is 37.7 Å². The molecule has 219 valence electrons. The Morgan fingerprint density at radius 1 is 0.860 bits per heavy atom. The molecule has 7 aromatic rings. The van der Waals surface area contributed by atoms with Gasteiger partial charge in [0.05, 0.1) is 22.4 Å². The van der Waals surface area contributed by atoms with Gasteiger partial charge in [0.2, 0.25) is 5.71 Å². The molecule has 7 rings (SSSR count). The van der Waals surface area contributed by atoms with Gasteiger partial charge >= 0.3 is 99.8 Å². The minimum atomic E-state index is -1.72. The van der Waals surface area contributed by atoms with E-state index in [4.69, 9.17) is 9.40 Å². The number of benzene rings is 3. The molecule has 0 bridgehead atoms. The molecule has 5 nitrogen and oxygen atoms in total. The first kappa shape index (κ1) is 30.9. The number of imidazole rings is 1. The molecular formula is C36H34GeIrN4O-2. The van der Waals surface area contributed by atoms with Crippen molar-refractivity contribution in [3.63, 3.8) is 0 Å². The van der Waals surface area contributed by atoms with Crippen molar-refractivity contribution < 1.29 is 24.5 Å². The maximum atomic E-state index is 6.14. The van der Waals surface area contributed by atoms with E-state index in [1.807, 2.05) is 55.6 Å². The predicted molar refractivity (Wildman–Crippen MR) is 176 cm³/mol. The summed E-state index contributed by atoms with van der Waals surface area (Å²) in [6, 6.07) is 33.3. The van der Waals surface area contributed by atoms with E-state index in [0.717, 1.165) is 62.3 Å². The maximum absolute atomic E-state index is 6.14. The molecule has 0 spiro atoms. The minimum Gasteiger partial charge on any atom is 0 e. The van der Waals surface area contributed by atoms with Crippen LogP contribution in [0.2, 0.25) is 17.3 Å². The van der Waals surface area contributed by atoms with Crippen LogP contribution in [-0.4, -0.2) is 32.8 Å². The van der Waals surface area contributed by atoms with Crippen LogP contribution >= 0.6 is 0 Å². The molecule has 4 aromatic heterocycles. The van der Waals surface area contributed by atoms with Crippen molar-refractivity contribution in [2.24, 2.45) is 0 Å². The molecule has 0 amide bonds. The van der Waals surface area contributed by atoms with E-state index < -0.39 is 13.3 Å². The van der Waals surface area contributed by atoms with Crippen LogP contribution in [0.5, 0.6) is 0 Å². The molecule has 0 aliphatic rings. The molecule has 43 heavy (non-hydrogen) atoms. The van der Waals surface area contributed by atoms with Gasteiger partial charge in [0.15, 0.2) is 0 Å². The van der Waals surface area contributed by atoms with Crippen molar-refractivity contribution in [2.75, 3.05) is 0 Å². The third-order valence-electron chi connectivity index (χ3n) is 7.50. The quantitative estimate of drug-likeness (QED) is 0.132. The SMILES string of the molecule is CCn1c(-c2[c-]ccc3c2oc2nc(C)ccc23)nc2cc(C)ccc21.[CH3][Ge]([CH3])([CH3])[c]1ccc(-c2[c-]cccc2)nc1.[Ir]. The molecule has 0 fully saturated rings. The number of fused-ring (bicyclic) bond motifs is 4. The monoisotopic (exact) mass is 805 g/mol. The average Bonchev–Trinajstić information content (AvgIpc) is 3.54. The molecule has 3 aromatic carbocycles. The second-order valence-corrected chi connectivity index (χ2v) is 22.3. The Morgan fingerprint density at radius 3 is 2.40 bits per heavy atom. The van der Waals surface area contributed by atoms with Crippen LogP contribution in [0.15, 0.2) is 89.5 Å². The van der Waals surface area contributed by atoms with E-state index in [2.05, 4.69) is 94.2 Å². The topological polar surface area (TPSA) is 56.7 Å². The summed E-state index contributed by atoms with van der Waals surface area (Å²) < 4.78 is 9.80. The van der Waals surface area contributed by atoms with Crippen LogP contribution in [0.1, 0.15) is 18.2 Å². The fraction of sp³-hybridized carbons (Fsp3) is 0.194. The molecule has 0 aliphatic heterocycles. The van der Waals surface area contributed by atoms with Crippen molar-refractivity contribution in [1.29, 1.82) is 0 Å². The summed E-state index contributed by atoms with van der Waals surface area (Å²) in [5.41, 5.74) is 8.69. The fourth-order valence-electron chi connectivity index (χ4n) is 5.18.